The van der Waals surface area contributed by atoms with Crippen LogP contribution in [0.5, 0.6) is 0 Å². The number of hydrogen-bond acceptors (Lipinski definition) is 5. The zero-order valence-electron chi connectivity index (χ0n) is 11.9. The molecule has 0 aliphatic heterocycles. The van der Waals surface area contributed by atoms with Crippen LogP contribution in [-0.4, -0.2) is 43.9 Å². The Labute approximate surface area is 129 Å². The van der Waals surface area contributed by atoms with E-state index in [2.05, 4.69) is 4.74 Å². The van der Waals surface area contributed by atoms with Crippen LogP contribution in [0, 0.1) is 0 Å². The molecule has 0 saturated heterocycles. The molecule has 0 spiro atoms. The minimum Gasteiger partial charge on any atom is -0.468 e. The highest BCUT2D eigenvalue weighted by Crippen LogP contribution is 2.16. The average molecular weight is 330 g/mol. The minimum atomic E-state index is -3.73. The molecule has 1 rings (SSSR count). The Hall–Kier alpha value is -1.51. The van der Waals surface area contributed by atoms with Gasteiger partial charge in [-0.3, -0.25) is 4.79 Å². The van der Waals surface area contributed by atoms with Gasteiger partial charge < -0.3 is 10.5 Å². The van der Waals surface area contributed by atoms with Gasteiger partial charge in [0.15, 0.2) is 0 Å². The van der Waals surface area contributed by atoms with Gasteiger partial charge in [0.05, 0.1) is 17.0 Å². The first-order valence-electron chi connectivity index (χ1n) is 6.25. The molecule has 21 heavy (non-hydrogen) atoms. The summed E-state index contributed by atoms with van der Waals surface area (Å²) in [6.45, 7) is 1.51. The van der Waals surface area contributed by atoms with E-state index in [-0.39, 0.29) is 18.0 Å². The summed E-state index contributed by atoms with van der Waals surface area (Å²) < 4.78 is 30.4. The summed E-state index contributed by atoms with van der Waals surface area (Å²) in [5, 5.41) is 0. The Balaban J connectivity index is 3.00. The van der Waals surface area contributed by atoms with Crippen molar-refractivity contribution in [2.75, 3.05) is 20.2 Å². The number of esters is 1. The molecule has 0 aromatic heterocycles. The lowest BCUT2D eigenvalue weighted by Crippen LogP contribution is -2.36. The molecular weight excluding hydrogens is 312 g/mol. The van der Waals surface area contributed by atoms with Crippen molar-refractivity contribution in [2.45, 2.75) is 18.2 Å². The summed E-state index contributed by atoms with van der Waals surface area (Å²) in [6, 6.07) is 6.25. The molecule has 2 N–H and O–H groups in total. The zero-order chi connectivity index (χ0) is 16.0. The predicted molar refractivity (Wildman–Crippen MR) is 83.4 cm³/mol. The number of benzene rings is 1. The number of thiocarbonyl (C=S) groups is 1. The third kappa shape index (κ3) is 4.76. The van der Waals surface area contributed by atoms with Crippen molar-refractivity contribution >= 4 is 33.2 Å². The molecule has 0 aliphatic rings. The van der Waals surface area contributed by atoms with E-state index in [0.29, 0.717) is 11.4 Å². The van der Waals surface area contributed by atoms with Crippen LogP contribution in [0.2, 0.25) is 0 Å². The monoisotopic (exact) mass is 330 g/mol. The molecule has 0 radical (unpaired) electrons. The second kappa shape index (κ2) is 7.48. The predicted octanol–water partition coefficient (Wildman–Crippen LogP) is 0.699. The maximum absolute atomic E-state index is 12.4. The highest BCUT2D eigenvalue weighted by Gasteiger charge is 2.25. The van der Waals surface area contributed by atoms with Gasteiger partial charge in [0.1, 0.15) is 6.54 Å². The second-order valence-corrected chi connectivity index (χ2v) is 6.76. The van der Waals surface area contributed by atoms with E-state index >= 15 is 0 Å². The molecule has 0 saturated carbocycles. The summed E-state index contributed by atoms with van der Waals surface area (Å²) in [6.07, 6.45) is 0.412. The number of rotatable bonds is 7. The highest BCUT2D eigenvalue weighted by molar-refractivity contribution is 7.89. The number of carbonyl (C=O) groups excluding carboxylic acids is 1. The molecule has 116 valence electrons. The molecule has 0 fully saturated rings. The standard InChI is InChI=1S/C13H18N2O4S2/c1-3-15(9-13(16)19-2)21(17,18)11-6-4-10(5-7-11)8-12(14)20/h4-7H,3,8-9H2,1-2H3,(H2,14,20). The van der Waals surface area contributed by atoms with Crippen molar-refractivity contribution in [2.24, 2.45) is 5.73 Å². The van der Waals surface area contributed by atoms with Gasteiger partial charge in [-0.2, -0.15) is 4.31 Å². The van der Waals surface area contributed by atoms with Crippen molar-refractivity contribution < 1.29 is 17.9 Å². The molecular formula is C13H18N2O4S2. The topological polar surface area (TPSA) is 89.7 Å². The van der Waals surface area contributed by atoms with E-state index in [9.17, 15) is 13.2 Å². The molecule has 8 heteroatoms. The first-order chi connectivity index (χ1) is 9.81. The minimum absolute atomic E-state index is 0.111. The average Bonchev–Trinajstić information content (AvgIpc) is 2.44. The number of ether oxygens (including phenoxy) is 1. The summed E-state index contributed by atoms with van der Waals surface area (Å²) in [7, 11) is -2.52. The van der Waals surface area contributed by atoms with E-state index in [1.807, 2.05) is 0 Å². The van der Waals surface area contributed by atoms with Crippen molar-refractivity contribution in [3.05, 3.63) is 29.8 Å². The first-order valence-corrected chi connectivity index (χ1v) is 8.10. The summed E-state index contributed by atoms with van der Waals surface area (Å²) in [4.78, 5) is 11.7. The highest BCUT2D eigenvalue weighted by atomic mass is 32.2. The van der Waals surface area contributed by atoms with Crippen LogP contribution >= 0.6 is 12.2 Å². The number of nitrogens with two attached hydrogens (primary N) is 1. The third-order valence-electron chi connectivity index (χ3n) is 2.83. The lowest BCUT2D eigenvalue weighted by atomic mass is 10.1. The summed E-state index contributed by atoms with van der Waals surface area (Å²) in [5.74, 6) is -0.606. The Morgan fingerprint density at radius 2 is 1.90 bits per heavy atom. The molecule has 0 heterocycles. The molecule has 0 atom stereocenters. The fourth-order valence-corrected chi connectivity index (χ4v) is 3.26. The van der Waals surface area contributed by atoms with Crippen LogP contribution in [0.15, 0.2) is 29.2 Å². The van der Waals surface area contributed by atoms with Gasteiger partial charge in [0.25, 0.3) is 0 Å². The van der Waals surface area contributed by atoms with E-state index in [0.717, 1.165) is 9.87 Å². The van der Waals surface area contributed by atoms with Gasteiger partial charge in [0, 0.05) is 13.0 Å². The van der Waals surface area contributed by atoms with E-state index in [1.165, 1.54) is 19.2 Å². The van der Waals surface area contributed by atoms with Crippen molar-refractivity contribution in [3.8, 4) is 0 Å². The zero-order valence-corrected chi connectivity index (χ0v) is 13.5. The van der Waals surface area contributed by atoms with Crippen molar-refractivity contribution in [3.63, 3.8) is 0 Å². The van der Waals surface area contributed by atoms with Crippen LogP contribution in [0.1, 0.15) is 12.5 Å². The molecule has 0 amide bonds. The smallest absolute Gasteiger partial charge is 0.321 e. The number of sulfonamides is 1. The van der Waals surface area contributed by atoms with E-state index in [1.54, 1.807) is 19.1 Å². The molecule has 0 aliphatic carbocycles. The Morgan fingerprint density at radius 3 is 2.33 bits per heavy atom. The second-order valence-electron chi connectivity index (χ2n) is 4.29. The van der Waals surface area contributed by atoms with Gasteiger partial charge in [-0.15, -0.1) is 0 Å². The van der Waals surface area contributed by atoms with Gasteiger partial charge in [-0.1, -0.05) is 31.3 Å². The lowest BCUT2D eigenvalue weighted by Gasteiger charge is -2.19. The van der Waals surface area contributed by atoms with Gasteiger partial charge >= 0.3 is 5.97 Å². The fraction of sp³-hybridized carbons (Fsp3) is 0.385. The quantitative estimate of drug-likeness (QED) is 0.585. The lowest BCUT2D eigenvalue weighted by molar-refractivity contribution is -0.140. The molecule has 0 bridgehead atoms. The fourth-order valence-electron chi connectivity index (χ4n) is 1.70. The number of hydrogen-bond donors (Lipinski definition) is 1. The normalized spacial score (nSPS) is 11.4. The van der Waals surface area contributed by atoms with Crippen LogP contribution < -0.4 is 5.73 Å². The van der Waals surface area contributed by atoms with E-state index in [4.69, 9.17) is 18.0 Å². The maximum Gasteiger partial charge on any atom is 0.321 e. The Kier molecular flexibility index (Phi) is 6.25. The van der Waals surface area contributed by atoms with E-state index < -0.39 is 16.0 Å². The summed E-state index contributed by atoms with van der Waals surface area (Å²) in [5.41, 5.74) is 6.27. The molecule has 1 aromatic carbocycles. The van der Waals surface area contributed by atoms with Gasteiger partial charge in [-0.25, -0.2) is 8.42 Å². The molecule has 6 nitrogen and oxygen atoms in total. The van der Waals surface area contributed by atoms with Crippen LogP contribution in [0.4, 0.5) is 0 Å². The van der Waals surface area contributed by atoms with Gasteiger partial charge in [0.2, 0.25) is 10.0 Å². The largest absolute Gasteiger partial charge is 0.468 e. The number of nitrogens with zero attached hydrogens (tertiary/aromatic N) is 1. The van der Waals surface area contributed by atoms with Crippen LogP contribution in [-0.2, 0) is 26.0 Å². The van der Waals surface area contributed by atoms with Gasteiger partial charge in [-0.05, 0) is 17.7 Å². The third-order valence-corrected chi connectivity index (χ3v) is 4.90. The van der Waals surface area contributed by atoms with Crippen LogP contribution in [0.3, 0.4) is 0 Å². The molecule has 1 aromatic rings. The first kappa shape index (κ1) is 17.5. The van der Waals surface area contributed by atoms with Crippen LogP contribution in [0.25, 0.3) is 0 Å². The maximum atomic E-state index is 12.4. The molecule has 0 unspecified atom stereocenters. The SMILES string of the molecule is CCN(CC(=O)OC)S(=O)(=O)c1ccc(CC(N)=S)cc1. The van der Waals surface area contributed by atoms with Crippen molar-refractivity contribution in [1.29, 1.82) is 0 Å². The number of carbonyl (C=O) groups is 1. The Morgan fingerprint density at radius 1 is 1.33 bits per heavy atom. The Bertz CT molecular complexity index is 612. The number of likely N-dealkylation sites (N-methyl/N-ethyl adjacent to an activating group) is 1. The van der Waals surface area contributed by atoms with Crippen molar-refractivity contribution in [1.82, 2.24) is 4.31 Å². The number of methoxy groups -OCH3 is 1. The summed E-state index contributed by atoms with van der Waals surface area (Å²) >= 11 is 4.80.